The molecule has 0 amide bonds. The maximum absolute atomic E-state index is 10.1. The second-order valence-electron chi connectivity index (χ2n) is 1.59. The molecule has 0 aromatic rings. The van der Waals surface area contributed by atoms with Crippen molar-refractivity contribution in [2.75, 3.05) is 6.54 Å². The van der Waals surface area contributed by atoms with Crippen molar-refractivity contribution < 1.29 is 4.79 Å². The van der Waals surface area contributed by atoms with Crippen LogP contribution in [0.3, 0.4) is 0 Å². The van der Waals surface area contributed by atoms with Crippen molar-refractivity contribution in [1.82, 2.24) is 0 Å². The minimum Gasteiger partial charge on any atom is -0.330 e. The van der Waals surface area contributed by atoms with Crippen molar-refractivity contribution in [3.05, 3.63) is 0 Å². The second-order valence-corrected chi connectivity index (χ2v) is 1.59. The smallest absolute Gasteiger partial charge is 0.187 e. The molecule has 0 aliphatic carbocycles. The van der Waals surface area contributed by atoms with Crippen LogP contribution in [0.2, 0.25) is 0 Å². The van der Waals surface area contributed by atoms with Crippen LogP contribution in [-0.4, -0.2) is 20.1 Å². The predicted molar refractivity (Wildman–Crippen MR) is 31.8 cm³/mol. The lowest BCUT2D eigenvalue weighted by Gasteiger charge is -1.87. The summed E-state index contributed by atoms with van der Waals surface area (Å²) < 4.78 is 0. The van der Waals surface area contributed by atoms with Crippen molar-refractivity contribution in [2.45, 2.75) is 12.8 Å². The molecule has 0 aromatic heterocycles. The van der Waals surface area contributed by atoms with E-state index in [-0.39, 0.29) is 5.68 Å². The molecular formula is C4H10BNO. The van der Waals surface area contributed by atoms with Crippen LogP contribution in [-0.2, 0) is 4.79 Å². The Hall–Kier alpha value is -0.305. The standard InChI is InChI=1S/C4H10BNO/c5-4(7)2-1-3-6/h1-3,5-6H2. The van der Waals surface area contributed by atoms with Gasteiger partial charge in [0.15, 0.2) is 7.85 Å². The summed E-state index contributed by atoms with van der Waals surface area (Å²) in [5, 5.41) is 0. The molecule has 0 atom stereocenters. The van der Waals surface area contributed by atoms with E-state index >= 15 is 0 Å². The monoisotopic (exact) mass is 99.1 g/mol. The normalized spacial score (nSPS) is 8.71. The van der Waals surface area contributed by atoms with Crippen LogP contribution >= 0.6 is 0 Å². The molecule has 3 heteroatoms. The van der Waals surface area contributed by atoms with Crippen LogP contribution in [0.25, 0.3) is 0 Å². The highest BCUT2D eigenvalue weighted by atomic mass is 16.1. The molecule has 0 unspecified atom stereocenters. The highest BCUT2D eigenvalue weighted by Gasteiger charge is 1.87. The second kappa shape index (κ2) is 3.87. The van der Waals surface area contributed by atoms with E-state index in [2.05, 4.69) is 0 Å². The van der Waals surface area contributed by atoms with Crippen LogP contribution in [0.15, 0.2) is 0 Å². The molecule has 0 saturated carbocycles. The Balaban J connectivity index is 2.82. The topological polar surface area (TPSA) is 43.1 Å². The Labute approximate surface area is 44.5 Å². The number of hydrogen-bond donors (Lipinski definition) is 1. The molecule has 0 radical (unpaired) electrons. The molecule has 7 heavy (non-hydrogen) atoms. The number of carbonyl (C=O) groups is 1. The summed E-state index contributed by atoms with van der Waals surface area (Å²) in [5.74, 6) is 0. The molecule has 40 valence electrons. The highest BCUT2D eigenvalue weighted by molar-refractivity contribution is 6.57. The minimum absolute atomic E-state index is 0.227. The summed E-state index contributed by atoms with van der Waals surface area (Å²) in [7, 11) is 1.58. The first kappa shape index (κ1) is 6.69. The average molecular weight is 98.9 g/mol. The van der Waals surface area contributed by atoms with Crippen LogP contribution in [0, 0.1) is 0 Å². The number of nitrogens with two attached hydrogens (primary N) is 1. The van der Waals surface area contributed by atoms with Gasteiger partial charge in [-0.15, -0.1) is 0 Å². The van der Waals surface area contributed by atoms with Gasteiger partial charge in [-0.2, -0.15) is 0 Å². The molecule has 0 bridgehead atoms. The molecule has 0 spiro atoms. The fourth-order valence-electron chi connectivity index (χ4n) is 0.351. The molecule has 0 rings (SSSR count). The summed E-state index contributed by atoms with van der Waals surface area (Å²) >= 11 is 0. The Morgan fingerprint density at radius 3 is 2.43 bits per heavy atom. The third-order valence-corrected chi connectivity index (χ3v) is 0.733. The third-order valence-electron chi connectivity index (χ3n) is 0.733. The van der Waals surface area contributed by atoms with Crippen molar-refractivity contribution in [3.63, 3.8) is 0 Å². The Morgan fingerprint density at radius 2 is 2.29 bits per heavy atom. The van der Waals surface area contributed by atoms with Gasteiger partial charge < -0.3 is 10.5 Å². The minimum atomic E-state index is 0.227. The maximum atomic E-state index is 10.1. The molecule has 0 saturated heterocycles. The Morgan fingerprint density at radius 1 is 1.71 bits per heavy atom. The average Bonchev–Trinajstić information content (AvgIpc) is 1.61. The summed E-state index contributed by atoms with van der Waals surface area (Å²) in [6.07, 6.45) is 1.46. The first-order valence-electron chi connectivity index (χ1n) is 2.47. The lowest BCUT2D eigenvalue weighted by molar-refractivity contribution is -0.111. The number of rotatable bonds is 3. The van der Waals surface area contributed by atoms with E-state index in [0.29, 0.717) is 13.0 Å². The van der Waals surface area contributed by atoms with Gasteiger partial charge in [0.2, 0.25) is 0 Å². The first-order chi connectivity index (χ1) is 3.27. The molecule has 2 nitrogen and oxygen atoms in total. The van der Waals surface area contributed by atoms with Gasteiger partial charge in [-0.1, -0.05) is 0 Å². The van der Waals surface area contributed by atoms with E-state index in [0.717, 1.165) is 6.42 Å². The van der Waals surface area contributed by atoms with Crippen molar-refractivity contribution >= 4 is 13.5 Å². The van der Waals surface area contributed by atoms with E-state index in [1.165, 1.54) is 0 Å². The summed E-state index contributed by atoms with van der Waals surface area (Å²) in [6.45, 7) is 0.625. The largest absolute Gasteiger partial charge is 0.330 e. The zero-order valence-corrected chi connectivity index (χ0v) is 4.61. The van der Waals surface area contributed by atoms with Gasteiger partial charge >= 0.3 is 0 Å². The lowest BCUT2D eigenvalue weighted by atomic mass is 9.98. The lowest BCUT2D eigenvalue weighted by Crippen LogP contribution is -2.03. The van der Waals surface area contributed by atoms with Gasteiger partial charge in [0.05, 0.1) is 5.68 Å². The maximum Gasteiger partial charge on any atom is 0.187 e. The fourth-order valence-corrected chi connectivity index (χ4v) is 0.351. The Kier molecular flexibility index (Phi) is 3.70. The molecular weight excluding hydrogens is 88.9 g/mol. The van der Waals surface area contributed by atoms with Gasteiger partial charge in [0.1, 0.15) is 0 Å². The summed E-state index contributed by atoms with van der Waals surface area (Å²) in [5.41, 5.74) is 5.35. The van der Waals surface area contributed by atoms with Gasteiger partial charge in [-0.3, -0.25) is 0 Å². The molecule has 0 aliphatic heterocycles. The van der Waals surface area contributed by atoms with E-state index in [4.69, 9.17) is 5.73 Å². The molecule has 2 N–H and O–H groups in total. The number of carbonyl (C=O) groups excluding carboxylic acids is 1. The molecule has 0 aromatic carbocycles. The van der Waals surface area contributed by atoms with Crippen LogP contribution in [0.1, 0.15) is 12.8 Å². The fraction of sp³-hybridized carbons (Fsp3) is 0.750. The van der Waals surface area contributed by atoms with Crippen LogP contribution in [0.5, 0.6) is 0 Å². The SMILES string of the molecule is BC(=O)CCCN. The Bertz CT molecular complexity index is 64.7. The van der Waals surface area contributed by atoms with E-state index < -0.39 is 0 Å². The van der Waals surface area contributed by atoms with Crippen molar-refractivity contribution in [1.29, 1.82) is 0 Å². The van der Waals surface area contributed by atoms with E-state index in [1.807, 2.05) is 0 Å². The zero-order chi connectivity index (χ0) is 5.70. The van der Waals surface area contributed by atoms with Gasteiger partial charge in [-0.05, 0) is 19.4 Å². The van der Waals surface area contributed by atoms with E-state index in [9.17, 15) is 4.79 Å². The first-order valence-corrected chi connectivity index (χ1v) is 2.47. The van der Waals surface area contributed by atoms with Crippen molar-refractivity contribution in [3.8, 4) is 0 Å². The van der Waals surface area contributed by atoms with E-state index in [1.54, 1.807) is 7.85 Å². The zero-order valence-electron chi connectivity index (χ0n) is 4.61. The molecule has 0 fully saturated rings. The van der Waals surface area contributed by atoms with Crippen molar-refractivity contribution in [2.24, 2.45) is 5.73 Å². The summed E-state index contributed by atoms with van der Waals surface area (Å²) in [4.78, 5) is 10.1. The van der Waals surface area contributed by atoms with Gasteiger partial charge in [-0.25, -0.2) is 0 Å². The van der Waals surface area contributed by atoms with Crippen LogP contribution in [0.4, 0.5) is 0 Å². The predicted octanol–water partition coefficient (Wildman–Crippen LogP) is -1.12. The van der Waals surface area contributed by atoms with Gasteiger partial charge in [0, 0.05) is 0 Å². The third kappa shape index (κ3) is 5.69. The number of hydrogen-bond acceptors (Lipinski definition) is 2. The molecule has 0 aliphatic rings. The summed E-state index contributed by atoms with van der Waals surface area (Å²) in [6, 6.07) is 0. The molecule has 0 heterocycles. The quantitative estimate of drug-likeness (QED) is 0.455. The van der Waals surface area contributed by atoms with Crippen LogP contribution < -0.4 is 5.73 Å². The van der Waals surface area contributed by atoms with Gasteiger partial charge in [0.25, 0.3) is 0 Å². The highest BCUT2D eigenvalue weighted by Crippen LogP contribution is 1.81.